The predicted molar refractivity (Wildman–Crippen MR) is 126 cm³/mol. The number of halogens is 3. The highest BCUT2D eigenvalue weighted by Gasteiger charge is 2.17. The first-order valence-corrected chi connectivity index (χ1v) is 10.0. The van der Waals surface area contributed by atoms with Gasteiger partial charge in [-0.1, -0.05) is 12.1 Å². The molecule has 2 N–H and O–H groups in total. The van der Waals surface area contributed by atoms with E-state index in [2.05, 4.69) is 15.6 Å². The quantitative estimate of drug-likeness (QED) is 0.297. The molecule has 1 aliphatic rings. The largest absolute Gasteiger partial charge is 0.486 e. The lowest BCUT2D eigenvalue weighted by molar-refractivity contribution is -0.0172. The zero-order valence-corrected chi connectivity index (χ0v) is 20.0. The molecule has 1 aliphatic heterocycles. The smallest absolute Gasteiger partial charge is 0.191 e. The molecule has 6 nitrogen and oxygen atoms in total. The van der Waals surface area contributed by atoms with Gasteiger partial charge in [-0.3, -0.25) is 0 Å². The fourth-order valence-electron chi connectivity index (χ4n) is 3.11. The molecule has 0 aromatic heterocycles. The molecule has 0 radical (unpaired) electrons. The van der Waals surface area contributed by atoms with Gasteiger partial charge in [-0.15, -0.1) is 24.0 Å². The number of fused-ring (bicyclic) bond motifs is 1. The number of hydrogen-bond acceptors (Lipinski definition) is 4. The van der Waals surface area contributed by atoms with E-state index in [1.807, 2.05) is 13.8 Å². The Morgan fingerprint density at radius 2 is 2.03 bits per heavy atom. The van der Waals surface area contributed by atoms with Crippen molar-refractivity contribution in [2.75, 3.05) is 26.4 Å². The molecule has 1 atom stereocenters. The second kappa shape index (κ2) is 12.7. The molecule has 0 fully saturated rings. The van der Waals surface area contributed by atoms with Crippen molar-refractivity contribution in [2.24, 2.45) is 4.99 Å². The number of aliphatic imine (C=N–C) groups is 1. The summed E-state index contributed by atoms with van der Waals surface area (Å²) in [5, 5.41) is 6.38. The molecule has 0 amide bonds. The van der Waals surface area contributed by atoms with Crippen LogP contribution in [-0.4, -0.2) is 38.5 Å². The van der Waals surface area contributed by atoms with Crippen molar-refractivity contribution >= 4 is 29.9 Å². The summed E-state index contributed by atoms with van der Waals surface area (Å²) in [6.07, 6.45) is 0.257. The van der Waals surface area contributed by atoms with Crippen LogP contribution < -0.4 is 20.1 Å². The molecule has 31 heavy (non-hydrogen) atoms. The second-order valence-corrected chi connectivity index (χ2v) is 6.92. The van der Waals surface area contributed by atoms with E-state index >= 15 is 0 Å². The molecule has 0 aliphatic carbocycles. The Morgan fingerprint density at radius 3 is 2.81 bits per heavy atom. The van der Waals surface area contributed by atoms with Crippen molar-refractivity contribution in [3.05, 3.63) is 59.2 Å². The zero-order valence-electron chi connectivity index (χ0n) is 17.6. The van der Waals surface area contributed by atoms with Crippen molar-refractivity contribution in [1.29, 1.82) is 0 Å². The highest BCUT2D eigenvalue weighted by atomic mass is 127. The molecule has 2 aromatic rings. The van der Waals surface area contributed by atoms with Gasteiger partial charge in [-0.2, -0.15) is 0 Å². The fraction of sp³-hybridized carbons (Fsp3) is 0.409. The summed E-state index contributed by atoms with van der Waals surface area (Å²) in [5.41, 5.74) is 1.50. The maximum absolute atomic E-state index is 13.9. The van der Waals surface area contributed by atoms with Gasteiger partial charge < -0.3 is 24.8 Å². The average Bonchev–Trinajstić information content (AvgIpc) is 2.73. The number of ether oxygens (including phenoxy) is 3. The van der Waals surface area contributed by atoms with E-state index in [0.717, 1.165) is 11.1 Å². The first-order chi connectivity index (χ1) is 14.6. The number of nitrogens with zero attached hydrogens (tertiary/aromatic N) is 1. The van der Waals surface area contributed by atoms with Crippen LogP contribution in [0.2, 0.25) is 0 Å². The summed E-state index contributed by atoms with van der Waals surface area (Å²) in [6, 6.07) is 9.21. The van der Waals surface area contributed by atoms with Crippen LogP contribution in [0.5, 0.6) is 11.5 Å². The van der Waals surface area contributed by atoms with E-state index < -0.39 is 5.82 Å². The van der Waals surface area contributed by atoms with Crippen LogP contribution in [0.3, 0.4) is 0 Å². The molecule has 170 valence electrons. The number of benzene rings is 2. The summed E-state index contributed by atoms with van der Waals surface area (Å²) in [5.74, 6) is 0.800. The highest BCUT2D eigenvalue weighted by Crippen LogP contribution is 2.29. The van der Waals surface area contributed by atoms with E-state index in [-0.39, 0.29) is 48.4 Å². The minimum atomic E-state index is -0.399. The SMILES string of the molecule is CCNC(=NCC(C)Oc1ccccc1F)NCCc1cc(F)cc2c1OCOC2.I. The number of rotatable bonds is 8. The molecule has 1 heterocycles. The number of hydrogen-bond donors (Lipinski definition) is 2. The van der Waals surface area contributed by atoms with E-state index in [9.17, 15) is 8.78 Å². The molecular weight excluding hydrogens is 519 g/mol. The fourth-order valence-corrected chi connectivity index (χ4v) is 3.11. The lowest BCUT2D eigenvalue weighted by atomic mass is 10.1. The highest BCUT2D eigenvalue weighted by molar-refractivity contribution is 14.0. The molecule has 1 unspecified atom stereocenters. The Balaban J connectivity index is 0.00000341. The zero-order chi connectivity index (χ0) is 21.3. The van der Waals surface area contributed by atoms with Crippen molar-refractivity contribution in [2.45, 2.75) is 33.0 Å². The molecule has 0 spiro atoms. The van der Waals surface area contributed by atoms with Crippen LogP contribution in [0, 0.1) is 11.6 Å². The average molecular weight is 547 g/mol. The van der Waals surface area contributed by atoms with Crippen LogP contribution in [0.15, 0.2) is 41.4 Å². The molecule has 0 saturated carbocycles. The monoisotopic (exact) mass is 547 g/mol. The first kappa shape index (κ1) is 25.1. The minimum Gasteiger partial charge on any atom is -0.486 e. The van der Waals surface area contributed by atoms with E-state index in [1.54, 1.807) is 18.2 Å². The van der Waals surface area contributed by atoms with Crippen LogP contribution in [0.1, 0.15) is 25.0 Å². The van der Waals surface area contributed by atoms with Crippen molar-refractivity contribution < 1.29 is 23.0 Å². The molecule has 3 rings (SSSR count). The Morgan fingerprint density at radius 1 is 1.23 bits per heavy atom. The number of nitrogens with one attached hydrogen (secondary N) is 2. The Kier molecular flexibility index (Phi) is 10.3. The Labute approximate surface area is 198 Å². The van der Waals surface area contributed by atoms with Crippen molar-refractivity contribution in [1.82, 2.24) is 10.6 Å². The summed E-state index contributed by atoms with van der Waals surface area (Å²) in [6.45, 7) is 5.88. The normalized spacial score (nSPS) is 14.0. The van der Waals surface area contributed by atoms with Crippen LogP contribution in [0.25, 0.3) is 0 Å². The molecule has 0 saturated heterocycles. The Hall–Kier alpha value is -2.14. The van der Waals surface area contributed by atoms with Gasteiger partial charge in [-0.05, 0) is 50.1 Å². The molecule has 2 aromatic carbocycles. The van der Waals surface area contributed by atoms with Crippen molar-refractivity contribution in [3.8, 4) is 11.5 Å². The van der Waals surface area contributed by atoms with E-state index in [0.29, 0.717) is 44.4 Å². The minimum absolute atomic E-state index is 0. The van der Waals surface area contributed by atoms with Gasteiger partial charge in [0.15, 0.2) is 24.3 Å². The van der Waals surface area contributed by atoms with Gasteiger partial charge in [0.25, 0.3) is 0 Å². The molecular formula is C22H28F2IN3O3. The van der Waals surface area contributed by atoms with Crippen LogP contribution >= 0.6 is 24.0 Å². The van der Waals surface area contributed by atoms with E-state index in [4.69, 9.17) is 14.2 Å². The van der Waals surface area contributed by atoms with Gasteiger partial charge in [-0.25, -0.2) is 13.8 Å². The van der Waals surface area contributed by atoms with Gasteiger partial charge in [0.1, 0.15) is 17.7 Å². The Bertz CT molecular complexity index is 883. The van der Waals surface area contributed by atoms with Crippen molar-refractivity contribution in [3.63, 3.8) is 0 Å². The number of para-hydroxylation sites is 1. The summed E-state index contributed by atoms with van der Waals surface area (Å²) < 4.78 is 44.0. The third-order valence-corrected chi connectivity index (χ3v) is 4.45. The lowest BCUT2D eigenvalue weighted by Gasteiger charge is -2.21. The predicted octanol–water partition coefficient (Wildman–Crippen LogP) is 4.01. The molecule has 9 heteroatoms. The van der Waals surface area contributed by atoms with Gasteiger partial charge in [0.05, 0.1) is 13.2 Å². The maximum atomic E-state index is 13.9. The summed E-state index contributed by atoms with van der Waals surface area (Å²) in [7, 11) is 0. The molecule has 0 bridgehead atoms. The van der Waals surface area contributed by atoms with Gasteiger partial charge in [0.2, 0.25) is 0 Å². The van der Waals surface area contributed by atoms with Gasteiger partial charge in [0, 0.05) is 18.7 Å². The third-order valence-electron chi connectivity index (χ3n) is 4.45. The topological polar surface area (TPSA) is 64.1 Å². The summed E-state index contributed by atoms with van der Waals surface area (Å²) in [4.78, 5) is 4.50. The van der Waals surface area contributed by atoms with Gasteiger partial charge >= 0.3 is 0 Å². The van der Waals surface area contributed by atoms with Crippen LogP contribution in [0.4, 0.5) is 8.78 Å². The maximum Gasteiger partial charge on any atom is 0.191 e. The lowest BCUT2D eigenvalue weighted by Crippen LogP contribution is -2.39. The number of guanidine groups is 1. The summed E-state index contributed by atoms with van der Waals surface area (Å²) >= 11 is 0. The van der Waals surface area contributed by atoms with Crippen LogP contribution in [-0.2, 0) is 17.8 Å². The van der Waals surface area contributed by atoms with E-state index in [1.165, 1.54) is 18.2 Å². The third kappa shape index (κ3) is 7.49. The first-order valence-electron chi connectivity index (χ1n) is 10.0. The standard InChI is InChI=1S/C22H27F2N3O3.HI/c1-3-25-22(27-12-15(2)30-20-7-5-4-6-19(20)24)26-9-8-16-10-18(23)11-17-13-28-14-29-21(16)17;/h4-7,10-11,15H,3,8-9,12-14H2,1-2H3,(H2,25,26,27);1H. The second-order valence-electron chi connectivity index (χ2n) is 6.92.